The van der Waals surface area contributed by atoms with E-state index in [4.69, 9.17) is 0 Å². The van der Waals surface area contributed by atoms with Crippen molar-refractivity contribution >= 4 is 35.0 Å². The summed E-state index contributed by atoms with van der Waals surface area (Å²) >= 11 is 1.23. The molecular formula is C15H23ClN6OS. The number of carbonyl (C=O) groups excluding carboxylic acids is 1. The predicted molar refractivity (Wildman–Crippen MR) is 96.8 cm³/mol. The summed E-state index contributed by atoms with van der Waals surface area (Å²) in [7, 11) is 1.89. The van der Waals surface area contributed by atoms with E-state index in [0.29, 0.717) is 11.7 Å². The molecule has 1 aliphatic rings. The molecule has 0 spiro atoms. The third kappa shape index (κ3) is 3.93. The molecule has 2 aromatic heterocycles. The summed E-state index contributed by atoms with van der Waals surface area (Å²) in [6.45, 7) is 7.61. The molecule has 0 radical (unpaired) electrons. The van der Waals surface area contributed by atoms with Crippen LogP contribution in [0.25, 0.3) is 0 Å². The van der Waals surface area contributed by atoms with Crippen LogP contribution in [0.3, 0.4) is 0 Å². The molecule has 3 heterocycles. The molecule has 0 aliphatic carbocycles. The van der Waals surface area contributed by atoms with E-state index in [9.17, 15) is 4.79 Å². The van der Waals surface area contributed by atoms with Crippen molar-refractivity contribution in [3.63, 3.8) is 0 Å². The molecule has 0 unspecified atom stereocenters. The third-order valence-corrected chi connectivity index (χ3v) is 4.66. The van der Waals surface area contributed by atoms with Gasteiger partial charge in [0.2, 0.25) is 11.0 Å². The van der Waals surface area contributed by atoms with E-state index in [1.165, 1.54) is 11.5 Å². The molecule has 2 aromatic rings. The van der Waals surface area contributed by atoms with Crippen LogP contribution in [0.2, 0.25) is 0 Å². The van der Waals surface area contributed by atoms with Gasteiger partial charge in [0, 0.05) is 49.2 Å². The zero-order valence-corrected chi connectivity index (χ0v) is 15.9. The zero-order valence-electron chi connectivity index (χ0n) is 14.2. The minimum absolute atomic E-state index is 0. The van der Waals surface area contributed by atoms with Crippen LogP contribution in [-0.2, 0) is 17.3 Å². The lowest BCUT2D eigenvalue weighted by Crippen LogP contribution is -2.28. The van der Waals surface area contributed by atoms with Crippen LogP contribution in [-0.4, -0.2) is 38.1 Å². The van der Waals surface area contributed by atoms with Gasteiger partial charge in [0.25, 0.3) is 0 Å². The Bertz CT molecular complexity index is 707. The second kappa shape index (κ2) is 7.16. The van der Waals surface area contributed by atoms with Crippen LogP contribution in [0.1, 0.15) is 38.1 Å². The highest BCUT2D eigenvalue weighted by atomic mass is 35.5. The summed E-state index contributed by atoms with van der Waals surface area (Å²) in [4.78, 5) is 17.1. The number of amides is 1. The number of nitrogens with zero attached hydrogens (tertiary/aromatic N) is 4. The number of hydrogen-bond donors (Lipinski definition) is 2. The molecule has 24 heavy (non-hydrogen) atoms. The number of rotatable bonds is 3. The first-order valence-corrected chi connectivity index (χ1v) is 8.46. The van der Waals surface area contributed by atoms with Crippen molar-refractivity contribution < 1.29 is 4.79 Å². The van der Waals surface area contributed by atoms with E-state index in [-0.39, 0.29) is 35.6 Å². The molecule has 9 heteroatoms. The number of halogens is 1. The lowest BCUT2D eigenvalue weighted by molar-refractivity contribution is -0.119. The quantitative estimate of drug-likeness (QED) is 0.862. The van der Waals surface area contributed by atoms with Crippen LogP contribution in [0, 0.1) is 5.92 Å². The molecule has 0 aromatic carbocycles. The zero-order chi connectivity index (χ0) is 16.6. The highest BCUT2D eigenvalue weighted by Gasteiger charge is 2.35. The minimum atomic E-state index is -0.124. The SMILES string of the molecule is Cl.Cn1cc([C@H]2CNC[C@@H]2C(=O)Nc2nc(C(C)(C)C)ns2)cn1. The molecule has 1 saturated heterocycles. The van der Waals surface area contributed by atoms with E-state index in [0.717, 1.165) is 17.9 Å². The van der Waals surface area contributed by atoms with E-state index < -0.39 is 0 Å². The van der Waals surface area contributed by atoms with Gasteiger partial charge >= 0.3 is 0 Å². The Morgan fingerprint density at radius 2 is 2.17 bits per heavy atom. The van der Waals surface area contributed by atoms with Gasteiger partial charge < -0.3 is 10.6 Å². The fourth-order valence-electron chi connectivity index (χ4n) is 2.71. The number of nitrogens with one attached hydrogen (secondary N) is 2. The van der Waals surface area contributed by atoms with Crippen molar-refractivity contribution in [2.24, 2.45) is 13.0 Å². The van der Waals surface area contributed by atoms with E-state index in [1.807, 2.05) is 19.4 Å². The average molecular weight is 371 g/mol. The van der Waals surface area contributed by atoms with Crippen LogP contribution < -0.4 is 10.6 Å². The van der Waals surface area contributed by atoms with E-state index >= 15 is 0 Å². The van der Waals surface area contributed by atoms with Gasteiger partial charge in [-0.3, -0.25) is 9.48 Å². The number of aryl methyl sites for hydroxylation is 1. The molecule has 1 fully saturated rings. The van der Waals surface area contributed by atoms with Crippen molar-refractivity contribution in [2.45, 2.75) is 32.1 Å². The Kier molecular flexibility index (Phi) is 5.62. The van der Waals surface area contributed by atoms with E-state index in [2.05, 4.69) is 45.9 Å². The fraction of sp³-hybridized carbons (Fsp3) is 0.600. The highest BCUT2D eigenvalue weighted by Crippen LogP contribution is 2.29. The summed E-state index contributed by atoms with van der Waals surface area (Å²) in [5, 5.41) is 11.0. The van der Waals surface area contributed by atoms with Gasteiger partial charge in [-0.25, -0.2) is 4.98 Å². The average Bonchev–Trinajstić information content (AvgIpc) is 3.15. The molecule has 7 nitrogen and oxygen atoms in total. The van der Waals surface area contributed by atoms with Crippen molar-refractivity contribution in [2.75, 3.05) is 18.4 Å². The van der Waals surface area contributed by atoms with Crippen molar-refractivity contribution in [1.82, 2.24) is 24.5 Å². The van der Waals surface area contributed by atoms with Gasteiger partial charge in [-0.2, -0.15) is 9.47 Å². The molecule has 2 atom stereocenters. The molecule has 0 bridgehead atoms. The maximum absolute atomic E-state index is 12.6. The number of hydrogen-bond acceptors (Lipinski definition) is 6. The topological polar surface area (TPSA) is 84.7 Å². The first-order valence-electron chi connectivity index (χ1n) is 7.69. The monoisotopic (exact) mass is 370 g/mol. The van der Waals surface area contributed by atoms with Crippen LogP contribution in [0.4, 0.5) is 5.13 Å². The Labute approximate surface area is 151 Å². The summed E-state index contributed by atoms with van der Waals surface area (Å²) in [6.07, 6.45) is 3.81. The first-order chi connectivity index (χ1) is 10.8. The van der Waals surface area contributed by atoms with Gasteiger partial charge in [0.1, 0.15) is 5.82 Å². The highest BCUT2D eigenvalue weighted by molar-refractivity contribution is 7.09. The predicted octanol–water partition coefficient (Wildman–Crippen LogP) is 1.93. The van der Waals surface area contributed by atoms with Gasteiger partial charge in [-0.05, 0) is 5.56 Å². The molecule has 3 rings (SSSR count). The molecule has 1 amide bonds. The molecule has 2 N–H and O–H groups in total. The van der Waals surface area contributed by atoms with Gasteiger partial charge in [0.15, 0.2) is 0 Å². The Hall–Kier alpha value is -1.51. The minimum Gasteiger partial charge on any atom is -0.315 e. The summed E-state index contributed by atoms with van der Waals surface area (Å²) in [5.41, 5.74) is 0.970. The van der Waals surface area contributed by atoms with Crippen molar-refractivity contribution in [1.29, 1.82) is 0 Å². The first kappa shape index (κ1) is 18.8. The lowest BCUT2D eigenvalue weighted by Gasteiger charge is -2.16. The third-order valence-electron chi connectivity index (χ3n) is 4.03. The summed E-state index contributed by atoms with van der Waals surface area (Å²) in [6, 6.07) is 0. The number of anilines is 1. The van der Waals surface area contributed by atoms with Crippen molar-refractivity contribution in [3.8, 4) is 0 Å². The molecule has 132 valence electrons. The van der Waals surface area contributed by atoms with Gasteiger partial charge in [0.05, 0.1) is 12.1 Å². The summed E-state index contributed by atoms with van der Waals surface area (Å²) < 4.78 is 6.10. The van der Waals surface area contributed by atoms with E-state index in [1.54, 1.807) is 4.68 Å². The van der Waals surface area contributed by atoms with Crippen LogP contribution in [0.5, 0.6) is 0 Å². The summed E-state index contributed by atoms with van der Waals surface area (Å²) in [5.74, 6) is 0.756. The molecular weight excluding hydrogens is 348 g/mol. The normalized spacial score (nSPS) is 20.7. The maximum atomic E-state index is 12.6. The largest absolute Gasteiger partial charge is 0.315 e. The Morgan fingerprint density at radius 3 is 2.75 bits per heavy atom. The number of aromatic nitrogens is 4. The Balaban J connectivity index is 0.00000208. The maximum Gasteiger partial charge on any atom is 0.231 e. The van der Waals surface area contributed by atoms with Gasteiger partial charge in [-0.1, -0.05) is 20.8 Å². The standard InChI is InChI=1S/C15H22N6OS.ClH/c1-15(2,3)13-19-14(23-20-13)18-12(22)11-7-16-6-10(11)9-5-17-21(4)8-9;/h5,8,10-11,16H,6-7H2,1-4H3,(H,18,19,20,22);1H/t10-,11+;/m1./s1. The van der Waals surface area contributed by atoms with Crippen LogP contribution in [0.15, 0.2) is 12.4 Å². The second-order valence-corrected chi connectivity index (χ2v) is 7.73. The van der Waals surface area contributed by atoms with Crippen LogP contribution >= 0.6 is 23.9 Å². The Morgan fingerprint density at radius 1 is 1.42 bits per heavy atom. The molecule has 0 saturated carbocycles. The smallest absolute Gasteiger partial charge is 0.231 e. The number of carbonyl (C=O) groups is 1. The second-order valence-electron chi connectivity index (χ2n) is 6.98. The molecule has 1 aliphatic heterocycles. The van der Waals surface area contributed by atoms with Crippen molar-refractivity contribution in [3.05, 3.63) is 23.8 Å². The van der Waals surface area contributed by atoms with Gasteiger partial charge in [-0.15, -0.1) is 12.4 Å². The fourth-order valence-corrected chi connectivity index (χ4v) is 3.47. The lowest BCUT2D eigenvalue weighted by atomic mass is 9.90.